The van der Waals surface area contributed by atoms with Gasteiger partial charge in [0.2, 0.25) is 5.89 Å². The van der Waals surface area contributed by atoms with Crippen LogP contribution in [0, 0.1) is 19.8 Å². The van der Waals surface area contributed by atoms with Crippen molar-refractivity contribution in [2.75, 3.05) is 59.0 Å². The second kappa shape index (κ2) is 13.2. The number of ether oxygens (including phenoxy) is 1. The zero-order chi connectivity index (χ0) is 22.2. The second-order valence-electron chi connectivity index (χ2n) is 8.34. The minimum atomic E-state index is -0.217. The molecule has 0 spiro atoms. The lowest BCUT2D eigenvalue weighted by Gasteiger charge is -2.36. The first-order chi connectivity index (χ1) is 15.0. The molecule has 10 heteroatoms. The van der Waals surface area contributed by atoms with Gasteiger partial charge < -0.3 is 24.3 Å². The van der Waals surface area contributed by atoms with Gasteiger partial charge in [0.1, 0.15) is 5.76 Å². The lowest BCUT2D eigenvalue weighted by molar-refractivity contribution is 0.0914. The SMILES string of the molecule is CCNC(=NCC1CCN(Cc2nc(C)c(C)o2)CC1)N1CCN(C(=O)OCC)CC1.I. The van der Waals surface area contributed by atoms with Crippen LogP contribution in [0.3, 0.4) is 0 Å². The quantitative estimate of drug-likeness (QED) is 0.324. The van der Waals surface area contributed by atoms with Crippen molar-refractivity contribution >= 4 is 36.0 Å². The van der Waals surface area contributed by atoms with Crippen molar-refractivity contribution in [2.24, 2.45) is 10.9 Å². The first-order valence-electron chi connectivity index (χ1n) is 11.6. The van der Waals surface area contributed by atoms with E-state index in [0.29, 0.717) is 25.6 Å². The fraction of sp³-hybridized carbons (Fsp3) is 0.773. The molecular formula is C22H39IN6O3. The van der Waals surface area contributed by atoms with Gasteiger partial charge in [0, 0.05) is 39.3 Å². The summed E-state index contributed by atoms with van der Waals surface area (Å²) in [6.45, 7) is 15.8. The largest absolute Gasteiger partial charge is 0.450 e. The van der Waals surface area contributed by atoms with E-state index in [0.717, 1.165) is 82.0 Å². The molecule has 0 radical (unpaired) electrons. The van der Waals surface area contributed by atoms with Gasteiger partial charge in [0.15, 0.2) is 5.96 Å². The standard InChI is InChI=1S/C22H38N6O3.HI/c1-5-23-21(27-11-13-28(14-12-27)22(29)30-6-2)24-15-19-7-9-26(10-8-19)16-20-25-17(3)18(4)31-20;/h19H,5-16H2,1-4H3,(H,23,24);1H. The Morgan fingerprint density at radius 2 is 1.78 bits per heavy atom. The van der Waals surface area contributed by atoms with Crippen LogP contribution in [-0.4, -0.2) is 90.7 Å². The van der Waals surface area contributed by atoms with E-state index < -0.39 is 0 Å². The van der Waals surface area contributed by atoms with Crippen LogP contribution in [0.15, 0.2) is 9.41 Å². The summed E-state index contributed by atoms with van der Waals surface area (Å²) in [4.78, 5) is 27.8. The lowest BCUT2D eigenvalue weighted by Crippen LogP contribution is -2.54. The number of carbonyl (C=O) groups is 1. The van der Waals surface area contributed by atoms with Crippen LogP contribution >= 0.6 is 24.0 Å². The van der Waals surface area contributed by atoms with Crippen molar-refractivity contribution in [3.63, 3.8) is 0 Å². The molecule has 0 aliphatic carbocycles. The third-order valence-electron chi connectivity index (χ3n) is 6.08. The van der Waals surface area contributed by atoms with Gasteiger partial charge in [-0.05, 0) is 59.5 Å². The van der Waals surface area contributed by atoms with E-state index in [1.807, 2.05) is 20.8 Å². The summed E-state index contributed by atoms with van der Waals surface area (Å²) in [6.07, 6.45) is 2.06. The fourth-order valence-corrected chi connectivity index (χ4v) is 4.08. The molecule has 0 bridgehead atoms. The molecule has 1 N–H and O–H groups in total. The predicted molar refractivity (Wildman–Crippen MR) is 136 cm³/mol. The highest BCUT2D eigenvalue weighted by atomic mass is 127. The van der Waals surface area contributed by atoms with Crippen molar-refractivity contribution in [1.29, 1.82) is 0 Å². The number of nitrogens with zero attached hydrogens (tertiary/aromatic N) is 5. The van der Waals surface area contributed by atoms with Gasteiger partial charge in [0.25, 0.3) is 0 Å². The first-order valence-corrected chi connectivity index (χ1v) is 11.6. The zero-order valence-electron chi connectivity index (χ0n) is 19.9. The minimum Gasteiger partial charge on any atom is -0.450 e. The molecule has 2 fully saturated rings. The number of hydrogen-bond acceptors (Lipinski definition) is 6. The van der Waals surface area contributed by atoms with E-state index in [2.05, 4.69) is 27.0 Å². The summed E-state index contributed by atoms with van der Waals surface area (Å²) in [7, 11) is 0. The van der Waals surface area contributed by atoms with Gasteiger partial charge in [-0.1, -0.05) is 0 Å². The third-order valence-corrected chi connectivity index (χ3v) is 6.08. The first kappa shape index (κ1) is 26.7. The second-order valence-corrected chi connectivity index (χ2v) is 8.34. The number of carbonyl (C=O) groups excluding carboxylic acids is 1. The van der Waals surface area contributed by atoms with Crippen molar-refractivity contribution in [3.8, 4) is 0 Å². The minimum absolute atomic E-state index is 0. The van der Waals surface area contributed by atoms with Gasteiger partial charge >= 0.3 is 6.09 Å². The number of aromatic nitrogens is 1. The Morgan fingerprint density at radius 1 is 1.12 bits per heavy atom. The van der Waals surface area contributed by atoms with Gasteiger partial charge in [-0.25, -0.2) is 9.78 Å². The number of nitrogens with one attached hydrogen (secondary N) is 1. The van der Waals surface area contributed by atoms with Crippen LogP contribution in [0.5, 0.6) is 0 Å². The monoisotopic (exact) mass is 562 g/mol. The van der Waals surface area contributed by atoms with Crippen LogP contribution < -0.4 is 5.32 Å². The molecule has 182 valence electrons. The fourth-order valence-electron chi connectivity index (χ4n) is 4.08. The summed E-state index contributed by atoms with van der Waals surface area (Å²) in [5.74, 6) is 3.29. The number of likely N-dealkylation sites (tertiary alicyclic amines) is 1. The molecule has 3 rings (SSSR count). The van der Waals surface area contributed by atoms with Crippen LogP contribution in [-0.2, 0) is 11.3 Å². The van der Waals surface area contributed by atoms with Crippen LogP contribution in [0.2, 0.25) is 0 Å². The molecular weight excluding hydrogens is 523 g/mol. The average molecular weight is 562 g/mol. The number of aryl methyl sites for hydroxylation is 2. The maximum absolute atomic E-state index is 11.9. The summed E-state index contributed by atoms with van der Waals surface area (Å²) in [5.41, 5.74) is 0.985. The number of oxazole rings is 1. The van der Waals surface area contributed by atoms with Gasteiger partial charge in [0.05, 0.1) is 18.8 Å². The topological polar surface area (TPSA) is 86.4 Å². The molecule has 1 amide bonds. The smallest absolute Gasteiger partial charge is 0.409 e. The number of aliphatic imine (C=N–C) groups is 1. The van der Waals surface area contributed by atoms with Crippen LogP contribution in [0.1, 0.15) is 44.0 Å². The molecule has 0 atom stereocenters. The van der Waals surface area contributed by atoms with Crippen LogP contribution in [0.25, 0.3) is 0 Å². The number of rotatable bonds is 6. The summed E-state index contributed by atoms with van der Waals surface area (Å²) in [5, 5.41) is 3.42. The number of amides is 1. The predicted octanol–water partition coefficient (Wildman–Crippen LogP) is 2.86. The summed E-state index contributed by atoms with van der Waals surface area (Å²) in [6, 6.07) is 0. The van der Waals surface area contributed by atoms with Crippen molar-refractivity contribution < 1.29 is 13.9 Å². The Morgan fingerprint density at radius 3 is 2.34 bits per heavy atom. The highest BCUT2D eigenvalue weighted by molar-refractivity contribution is 14.0. The van der Waals surface area contributed by atoms with Gasteiger partial charge in [-0.3, -0.25) is 9.89 Å². The van der Waals surface area contributed by atoms with E-state index in [1.54, 1.807) is 4.90 Å². The number of piperazine rings is 1. The lowest BCUT2D eigenvalue weighted by atomic mass is 9.97. The number of piperidine rings is 1. The van der Waals surface area contributed by atoms with Gasteiger partial charge in [-0.15, -0.1) is 24.0 Å². The molecule has 32 heavy (non-hydrogen) atoms. The Kier molecular flexibility index (Phi) is 11.0. The highest BCUT2D eigenvalue weighted by Crippen LogP contribution is 2.20. The summed E-state index contributed by atoms with van der Waals surface area (Å²) < 4.78 is 10.8. The van der Waals surface area contributed by atoms with Crippen LogP contribution in [0.4, 0.5) is 4.79 Å². The molecule has 2 aliphatic rings. The van der Waals surface area contributed by atoms with Crippen molar-refractivity contribution in [2.45, 2.75) is 47.1 Å². The van der Waals surface area contributed by atoms with Crippen molar-refractivity contribution in [3.05, 3.63) is 17.3 Å². The molecule has 9 nitrogen and oxygen atoms in total. The maximum Gasteiger partial charge on any atom is 0.409 e. The molecule has 0 unspecified atom stereocenters. The third kappa shape index (κ3) is 7.50. The molecule has 0 saturated carbocycles. The Balaban J connectivity index is 0.00000363. The molecule has 1 aromatic rings. The Labute approximate surface area is 209 Å². The van der Waals surface area contributed by atoms with E-state index in [1.165, 1.54) is 0 Å². The number of hydrogen-bond donors (Lipinski definition) is 1. The molecule has 3 heterocycles. The maximum atomic E-state index is 11.9. The van der Waals surface area contributed by atoms with Crippen molar-refractivity contribution in [1.82, 2.24) is 25.0 Å². The molecule has 0 aromatic carbocycles. The van der Waals surface area contributed by atoms with E-state index in [4.69, 9.17) is 14.1 Å². The number of guanidine groups is 1. The Hall–Kier alpha value is -1.56. The zero-order valence-corrected chi connectivity index (χ0v) is 22.3. The van der Waals surface area contributed by atoms with E-state index >= 15 is 0 Å². The average Bonchev–Trinajstić information content (AvgIpc) is 3.09. The Bertz CT molecular complexity index is 721. The normalized spacial score (nSPS) is 18.4. The van der Waals surface area contributed by atoms with E-state index in [9.17, 15) is 4.79 Å². The highest BCUT2D eigenvalue weighted by Gasteiger charge is 2.25. The number of halogens is 1. The molecule has 2 aliphatic heterocycles. The summed E-state index contributed by atoms with van der Waals surface area (Å²) >= 11 is 0. The van der Waals surface area contributed by atoms with Gasteiger partial charge in [-0.2, -0.15) is 0 Å². The molecule has 1 aromatic heterocycles. The van der Waals surface area contributed by atoms with E-state index in [-0.39, 0.29) is 30.1 Å². The molecule has 2 saturated heterocycles.